The van der Waals surface area contributed by atoms with Gasteiger partial charge in [-0.1, -0.05) is 47.6 Å². The second kappa shape index (κ2) is 11.7. The Morgan fingerprint density at radius 3 is 2.54 bits per heavy atom. The van der Waals surface area contributed by atoms with Gasteiger partial charge in [0.25, 0.3) is 5.89 Å². The molecule has 0 bridgehead atoms. The molecule has 0 unspecified atom stereocenters. The number of hydrogen-bond acceptors (Lipinski definition) is 6. The molecule has 4 rings (SSSR count). The van der Waals surface area contributed by atoms with Crippen LogP contribution in [0.3, 0.4) is 0 Å². The molecule has 1 heterocycles. The number of nitrogens with one attached hydrogen (secondary N) is 1. The number of ether oxygens (including phenoxy) is 1. The number of aryl methyl sites for hydroxylation is 1. The van der Waals surface area contributed by atoms with E-state index in [0.29, 0.717) is 23.6 Å². The van der Waals surface area contributed by atoms with Gasteiger partial charge in [-0.3, -0.25) is 4.79 Å². The van der Waals surface area contributed by atoms with E-state index in [0.717, 1.165) is 27.8 Å². The van der Waals surface area contributed by atoms with Crippen LogP contribution in [-0.2, 0) is 22.7 Å². The third kappa shape index (κ3) is 6.10. The maximum absolute atomic E-state index is 14.5. The number of carboxylic acid groups (broad SMARTS) is 1. The summed E-state index contributed by atoms with van der Waals surface area (Å²) in [4.78, 5) is 15.1. The first-order valence-electron chi connectivity index (χ1n) is 10.7. The van der Waals surface area contributed by atoms with Crippen LogP contribution in [0.15, 0.2) is 65.2 Å². The van der Waals surface area contributed by atoms with Crippen molar-refractivity contribution in [2.24, 2.45) is 0 Å². The van der Waals surface area contributed by atoms with Crippen LogP contribution in [0.1, 0.15) is 16.7 Å². The number of aliphatic carboxylic acids is 1. The number of carboxylic acids is 1. The standard InChI is InChI=1S/C26H24FN3O4.ClH/c1-16-5-3-4-6-21(16)22-10-9-18(11-20(22)15-33-2)26-29-25(30-34-26)17-7-8-19(23(27)12-17)13-28-14-24(31)32;/h3-12,28H,13-15H2,1-2H3,(H,31,32);1H. The van der Waals surface area contributed by atoms with Crippen LogP contribution < -0.4 is 5.32 Å². The fraction of sp³-hybridized carbons (Fsp3) is 0.192. The molecule has 0 fully saturated rings. The Balaban J connectivity index is 0.00000342. The lowest BCUT2D eigenvalue weighted by molar-refractivity contribution is -0.136. The number of hydrogen-bond donors (Lipinski definition) is 2. The minimum Gasteiger partial charge on any atom is -0.480 e. The number of nitrogens with zero attached hydrogens (tertiary/aromatic N) is 2. The monoisotopic (exact) mass is 497 g/mol. The first-order valence-corrected chi connectivity index (χ1v) is 10.7. The third-order valence-corrected chi connectivity index (χ3v) is 5.42. The predicted octanol–water partition coefficient (Wildman–Crippen LogP) is 5.26. The van der Waals surface area contributed by atoms with E-state index in [4.69, 9.17) is 14.4 Å². The van der Waals surface area contributed by atoms with E-state index in [9.17, 15) is 9.18 Å². The van der Waals surface area contributed by atoms with Crippen LogP contribution in [0.5, 0.6) is 0 Å². The van der Waals surface area contributed by atoms with Crippen LogP contribution in [0.2, 0.25) is 0 Å². The van der Waals surface area contributed by atoms with E-state index in [1.165, 1.54) is 6.07 Å². The van der Waals surface area contributed by atoms with Gasteiger partial charge < -0.3 is 19.7 Å². The van der Waals surface area contributed by atoms with Gasteiger partial charge in [0.05, 0.1) is 13.2 Å². The van der Waals surface area contributed by atoms with Gasteiger partial charge in [-0.2, -0.15) is 4.98 Å². The molecule has 0 aliphatic rings. The fourth-order valence-electron chi connectivity index (χ4n) is 3.73. The SMILES string of the molecule is COCc1cc(-c2nc(-c3ccc(CNCC(=O)O)c(F)c3)no2)ccc1-c1ccccc1C.Cl. The molecule has 1 aromatic heterocycles. The van der Waals surface area contributed by atoms with Gasteiger partial charge in [-0.15, -0.1) is 12.4 Å². The molecule has 35 heavy (non-hydrogen) atoms. The van der Waals surface area contributed by atoms with E-state index in [2.05, 4.69) is 34.5 Å². The quantitative estimate of drug-likeness (QED) is 0.325. The minimum absolute atomic E-state index is 0. The summed E-state index contributed by atoms with van der Waals surface area (Å²) >= 11 is 0. The Bertz CT molecular complexity index is 1330. The summed E-state index contributed by atoms with van der Waals surface area (Å²) in [6.07, 6.45) is 0. The molecule has 0 atom stereocenters. The molecular formula is C26H25ClFN3O4. The Morgan fingerprint density at radius 1 is 1.06 bits per heavy atom. The van der Waals surface area contributed by atoms with Gasteiger partial charge in [-0.25, -0.2) is 4.39 Å². The average molecular weight is 498 g/mol. The largest absolute Gasteiger partial charge is 0.480 e. The van der Waals surface area contributed by atoms with Crippen molar-refractivity contribution in [2.75, 3.05) is 13.7 Å². The van der Waals surface area contributed by atoms with Crippen LogP contribution in [0.25, 0.3) is 34.0 Å². The number of methoxy groups -OCH3 is 1. The van der Waals surface area contributed by atoms with Crippen molar-refractivity contribution < 1.29 is 23.6 Å². The average Bonchev–Trinajstić information content (AvgIpc) is 3.31. The van der Waals surface area contributed by atoms with Crippen LogP contribution in [0, 0.1) is 12.7 Å². The van der Waals surface area contributed by atoms with Gasteiger partial charge in [0.2, 0.25) is 5.82 Å². The zero-order valence-corrected chi connectivity index (χ0v) is 20.1. The van der Waals surface area contributed by atoms with E-state index < -0.39 is 11.8 Å². The number of carbonyl (C=O) groups is 1. The second-order valence-electron chi connectivity index (χ2n) is 7.85. The van der Waals surface area contributed by atoms with Gasteiger partial charge >= 0.3 is 5.97 Å². The topological polar surface area (TPSA) is 97.5 Å². The number of halogens is 2. The van der Waals surface area contributed by atoms with Gasteiger partial charge in [0, 0.05) is 30.3 Å². The molecule has 2 N–H and O–H groups in total. The number of benzene rings is 3. The summed E-state index contributed by atoms with van der Waals surface area (Å²) in [7, 11) is 1.65. The molecule has 0 amide bonds. The minimum atomic E-state index is -1.00. The summed E-state index contributed by atoms with van der Waals surface area (Å²) in [6, 6.07) is 18.6. The Kier molecular flexibility index (Phi) is 8.70. The maximum atomic E-state index is 14.5. The molecule has 0 aliphatic carbocycles. The first-order chi connectivity index (χ1) is 16.5. The third-order valence-electron chi connectivity index (χ3n) is 5.42. The van der Waals surface area contributed by atoms with Gasteiger partial charge in [0.1, 0.15) is 5.82 Å². The lowest BCUT2D eigenvalue weighted by atomic mass is 9.94. The molecule has 3 aromatic carbocycles. The zero-order valence-electron chi connectivity index (χ0n) is 19.2. The highest BCUT2D eigenvalue weighted by Crippen LogP contribution is 2.31. The predicted molar refractivity (Wildman–Crippen MR) is 133 cm³/mol. The van der Waals surface area contributed by atoms with E-state index >= 15 is 0 Å². The maximum Gasteiger partial charge on any atom is 0.317 e. The highest BCUT2D eigenvalue weighted by atomic mass is 35.5. The van der Waals surface area contributed by atoms with Crippen molar-refractivity contribution in [3.05, 3.63) is 83.2 Å². The Labute approximate surface area is 208 Å². The van der Waals surface area contributed by atoms with E-state index in [-0.39, 0.29) is 31.3 Å². The molecule has 182 valence electrons. The summed E-state index contributed by atoms with van der Waals surface area (Å²) < 4.78 is 25.4. The second-order valence-corrected chi connectivity index (χ2v) is 7.85. The Morgan fingerprint density at radius 2 is 1.83 bits per heavy atom. The summed E-state index contributed by atoms with van der Waals surface area (Å²) in [6.45, 7) is 2.34. The van der Waals surface area contributed by atoms with Crippen molar-refractivity contribution in [1.82, 2.24) is 15.5 Å². The smallest absolute Gasteiger partial charge is 0.317 e. The molecule has 9 heteroatoms. The van der Waals surface area contributed by atoms with Crippen LogP contribution >= 0.6 is 12.4 Å². The van der Waals surface area contributed by atoms with Crippen molar-refractivity contribution in [2.45, 2.75) is 20.1 Å². The summed E-state index contributed by atoms with van der Waals surface area (Å²) in [5.74, 6) is -0.907. The first kappa shape index (κ1) is 26.0. The lowest BCUT2D eigenvalue weighted by Gasteiger charge is -2.12. The highest BCUT2D eigenvalue weighted by Gasteiger charge is 2.15. The summed E-state index contributed by atoms with van der Waals surface area (Å²) in [5, 5.41) is 15.4. The summed E-state index contributed by atoms with van der Waals surface area (Å²) in [5.41, 5.74) is 5.89. The molecule has 0 radical (unpaired) electrons. The van der Waals surface area contributed by atoms with E-state index in [1.807, 2.05) is 30.3 Å². The molecule has 0 spiro atoms. The van der Waals surface area contributed by atoms with Crippen molar-refractivity contribution in [3.63, 3.8) is 0 Å². The normalized spacial score (nSPS) is 10.7. The van der Waals surface area contributed by atoms with Crippen LogP contribution in [0.4, 0.5) is 4.39 Å². The van der Waals surface area contributed by atoms with Gasteiger partial charge in [-0.05, 0) is 47.4 Å². The molecular weight excluding hydrogens is 473 g/mol. The Hall–Kier alpha value is -3.59. The lowest BCUT2D eigenvalue weighted by Crippen LogP contribution is -2.22. The van der Waals surface area contributed by atoms with Crippen LogP contribution in [-0.4, -0.2) is 34.9 Å². The fourth-order valence-corrected chi connectivity index (χ4v) is 3.73. The zero-order chi connectivity index (χ0) is 24.1. The van der Waals surface area contributed by atoms with Crippen molar-refractivity contribution in [3.8, 4) is 34.0 Å². The molecule has 0 aliphatic heterocycles. The van der Waals surface area contributed by atoms with Crippen molar-refractivity contribution >= 4 is 18.4 Å². The van der Waals surface area contributed by atoms with E-state index in [1.54, 1.807) is 19.2 Å². The van der Waals surface area contributed by atoms with Gasteiger partial charge in [0.15, 0.2) is 0 Å². The van der Waals surface area contributed by atoms with Crippen molar-refractivity contribution in [1.29, 1.82) is 0 Å². The number of aromatic nitrogens is 2. The molecule has 7 nitrogen and oxygen atoms in total. The number of rotatable bonds is 9. The molecule has 0 saturated heterocycles. The molecule has 0 saturated carbocycles. The molecule has 4 aromatic rings. The highest BCUT2D eigenvalue weighted by molar-refractivity contribution is 5.85.